The molecule has 1 amide bonds. The van der Waals surface area contributed by atoms with E-state index in [9.17, 15) is 14.7 Å². The van der Waals surface area contributed by atoms with Crippen LogP contribution in [0.3, 0.4) is 0 Å². The lowest BCUT2D eigenvalue weighted by atomic mass is 9.94. The first-order valence-corrected chi connectivity index (χ1v) is 4.63. The average Bonchev–Trinajstić information content (AvgIpc) is 2.02. The Labute approximate surface area is 82.3 Å². The monoisotopic (exact) mass is 201 g/mol. The van der Waals surface area contributed by atoms with Crippen LogP contribution in [-0.4, -0.2) is 45.7 Å². The number of piperidine rings is 1. The van der Waals surface area contributed by atoms with Gasteiger partial charge in [-0.2, -0.15) is 0 Å². The molecule has 0 unspecified atom stereocenters. The first kappa shape index (κ1) is 11.0. The second-order valence-electron chi connectivity index (χ2n) is 3.95. The van der Waals surface area contributed by atoms with Crippen molar-refractivity contribution in [3.8, 4) is 0 Å². The average molecular weight is 201 g/mol. The fraction of sp³-hybridized carbons (Fsp3) is 0.778. The van der Waals surface area contributed by atoms with Crippen LogP contribution in [0.25, 0.3) is 0 Å². The van der Waals surface area contributed by atoms with E-state index in [0.29, 0.717) is 25.9 Å². The predicted molar refractivity (Wildman–Crippen MR) is 48.7 cm³/mol. The van der Waals surface area contributed by atoms with Crippen molar-refractivity contribution in [3.63, 3.8) is 0 Å². The fourth-order valence-electron chi connectivity index (χ4n) is 1.48. The molecule has 80 valence electrons. The zero-order chi connectivity index (χ0) is 10.8. The molecule has 0 spiro atoms. The van der Waals surface area contributed by atoms with Gasteiger partial charge in [-0.25, -0.2) is 0 Å². The van der Waals surface area contributed by atoms with Gasteiger partial charge in [-0.05, 0) is 19.8 Å². The molecular weight excluding hydrogens is 186 g/mol. The summed E-state index contributed by atoms with van der Waals surface area (Å²) in [6.45, 7) is 2.62. The van der Waals surface area contributed by atoms with Crippen LogP contribution in [0.4, 0.5) is 0 Å². The Balaban J connectivity index is 2.42. The highest BCUT2D eigenvalue weighted by molar-refractivity contribution is 5.93. The van der Waals surface area contributed by atoms with Crippen LogP contribution in [0.1, 0.15) is 26.2 Å². The minimum atomic E-state index is -1.10. The predicted octanol–water partition coefficient (Wildman–Crippen LogP) is -0.166. The van der Waals surface area contributed by atoms with Crippen molar-refractivity contribution in [2.24, 2.45) is 0 Å². The van der Waals surface area contributed by atoms with Crippen LogP contribution in [-0.2, 0) is 9.59 Å². The molecule has 1 heterocycles. The normalized spacial score (nSPS) is 20.6. The quantitative estimate of drug-likeness (QED) is 0.608. The Morgan fingerprint density at radius 2 is 1.86 bits per heavy atom. The molecule has 14 heavy (non-hydrogen) atoms. The molecule has 1 rings (SSSR count). The van der Waals surface area contributed by atoms with Crippen LogP contribution in [0.2, 0.25) is 0 Å². The van der Waals surface area contributed by atoms with E-state index in [-0.39, 0.29) is 5.91 Å². The molecule has 0 aromatic heterocycles. The van der Waals surface area contributed by atoms with Gasteiger partial charge >= 0.3 is 5.97 Å². The molecule has 1 aliphatic rings. The van der Waals surface area contributed by atoms with Gasteiger partial charge in [-0.15, -0.1) is 0 Å². The van der Waals surface area contributed by atoms with E-state index < -0.39 is 18.0 Å². The van der Waals surface area contributed by atoms with Gasteiger partial charge in [0.1, 0.15) is 6.42 Å². The number of hydrogen-bond donors (Lipinski definition) is 2. The summed E-state index contributed by atoms with van der Waals surface area (Å²) < 4.78 is 0. The molecule has 1 saturated heterocycles. The van der Waals surface area contributed by atoms with Gasteiger partial charge in [0, 0.05) is 13.1 Å². The number of carboxylic acids is 1. The van der Waals surface area contributed by atoms with Gasteiger partial charge in [0.15, 0.2) is 0 Å². The molecule has 2 N–H and O–H groups in total. The number of carbonyl (C=O) groups excluding carboxylic acids is 1. The lowest BCUT2D eigenvalue weighted by Crippen LogP contribution is -2.45. The van der Waals surface area contributed by atoms with Crippen LogP contribution < -0.4 is 0 Å². The topological polar surface area (TPSA) is 77.8 Å². The zero-order valence-corrected chi connectivity index (χ0v) is 8.19. The number of rotatable bonds is 2. The van der Waals surface area contributed by atoms with Crippen molar-refractivity contribution >= 4 is 11.9 Å². The Kier molecular flexibility index (Phi) is 3.10. The van der Waals surface area contributed by atoms with Crippen molar-refractivity contribution in [1.82, 2.24) is 4.90 Å². The maximum Gasteiger partial charge on any atom is 0.312 e. The summed E-state index contributed by atoms with van der Waals surface area (Å²) in [7, 11) is 0. The first-order chi connectivity index (χ1) is 6.41. The summed E-state index contributed by atoms with van der Waals surface area (Å²) >= 11 is 0. The van der Waals surface area contributed by atoms with Gasteiger partial charge in [0.2, 0.25) is 5.91 Å². The number of nitrogens with zero attached hydrogens (tertiary/aromatic N) is 1. The summed E-state index contributed by atoms with van der Waals surface area (Å²) in [5.74, 6) is -1.47. The SMILES string of the molecule is CC1(O)CCN(C(=O)CC(=O)O)CC1. The highest BCUT2D eigenvalue weighted by Gasteiger charge is 2.29. The van der Waals surface area contributed by atoms with Gasteiger partial charge < -0.3 is 15.1 Å². The Morgan fingerprint density at radius 3 is 2.29 bits per heavy atom. The molecule has 5 nitrogen and oxygen atoms in total. The highest BCUT2D eigenvalue weighted by atomic mass is 16.4. The van der Waals surface area contributed by atoms with E-state index in [1.54, 1.807) is 6.92 Å². The minimum Gasteiger partial charge on any atom is -0.481 e. The molecule has 0 aromatic carbocycles. The molecular formula is C9H15NO4. The van der Waals surface area contributed by atoms with Crippen LogP contribution in [0.15, 0.2) is 0 Å². The van der Waals surface area contributed by atoms with Crippen LogP contribution >= 0.6 is 0 Å². The molecule has 0 bridgehead atoms. The van der Waals surface area contributed by atoms with Gasteiger partial charge in [0.05, 0.1) is 5.60 Å². The van der Waals surface area contributed by atoms with Crippen LogP contribution in [0, 0.1) is 0 Å². The number of aliphatic carboxylic acids is 1. The number of hydrogen-bond acceptors (Lipinski definition) is 3. The van der Waals surface area contributed by atoms with E-state index in [2.05, 4.69) is 0 Å². The molecule has 5 heteroatoms. The smallest absolute Gasteiger partial charge is 0.312 e. The lowest BCUT2D eigenvalue weighted by Gasteiger charge is -2.35. The maximum absolute atomic E-state index is 11.3. The molecule has 1 fully saturated rings. The van der Waals surface area contributed by atoms with Crippen molar-refractivity contribution in [3.05, 3.63) is 0 Å². The largest absolute Gasteiger partial charge is 0.481 e. The van der Waals surface area contributed by atoms with E-state index in [1.165, 1.54) is 4.90 Å². The zero-order valence-electron chi connectivity index (χ0n) is 8.19. The third-order valence-electron chi connectivity index (χ3n) is 2.50. The number of carboxylic acid groups (broad SMARTS) is 1. The van der Waals surface area contributed by atoms with Crippen molar-refractivity contribution in [2.75, 3.05) is 13.1 Å². The molecule has 0 saturated carbocycles. The summed E-state index contributed by atoms with van der Waals surface area (Å²) in [4.78, 5) is 23.1. The molecule has 1 aliphatic heterocycles. The van der Waals surface area contributed by atoms with Crippen molar-refractivity contribution < 1.29 is 19.8 Å². The Bertz CT molecular complexity index is 239. The minimum absolute atomic E-state index is 0.368. The summed E-state index contributed by atoms with van der Waals surface area (Å²) in [6.07, 6.45) is 0.568. The second kappa shape index (κ2) is 3.96. The summed E-state index contributed by atoms with van der Waals surface area (Å²) in [6, 6.07) is 0. The molecule has 0 radical (unpaired) electrons. The van der Waals surface area contributed by atoms with Gasteiger partial charge in [-0.1, -0.05) is 0 Å². The summed E-state index contributed by atoms with van der Waals surface area (Å²) in [5, 5.41) is 18.0. The maximum atomic E-state index is 11.3. The third-order valence-corrected chi connectivity index (χ3v) is 2.50. The molecule has 0 aliphatic carbocycles. The van der Waals surface area contributed by atoms with Gasteiger partial charge in [-0.3, -0.25) is 9.59 Å². The third kappa shape index (κ3) is 2.99. The van der Waals surface area contributed by atoms with Crippen LogP contribution in [0.5, 0.6) is 0 Å². The van der Waals surface area contributed by atoms with Gasteiger partial charge in [0.25, 0.3) is 0 Å². The lowest BCUT2D eigenvalue weighted by molar-refractivity contribution is -0.145. The Morgan fingerprint density at radius 1 is 1.36 bits per heavy atom. The second-order valence-corrected chi connectivity index (χ2v) is 3.95. The van der Waals surface area contributed by atoms with E-state index >= 15 is 0 Å². The van der Waals surface area contributed by atoms with Crippen molar-refractivity contribution in [2.45, 2.75) is 31.8 Å². The summed E-state index contributed by atoms with van der Waals surface area (Å²) in [5.41, 5.74) is -0.708. The van der Waals surface area contributed by atoms with E-state index in [1.807, 2.05) is 0 Å². The van der Waals surface area contributed by atoms with Crippen molar-refractivity contribution in [1.29, 1.82) is 0 Å². The first-order valence-electron chi connectivity index (χ1n) is 4.63. The van der Waals surface area contributed by atoms with E-state index in [4.69, 9.17) is 5.11 Å². The van der Waals surface area contributed by atoms with E-state index in [0.717, 1.165) is 0 Å². The Hall–Kier alpha value is -1.10. The number of likely N-dealkylation sites (tertiary alicyclic amines) is 1. The molecule has 0 aromatic rings. The standard InChI is InChI=1S/C9H15NO4/c1-9(14)2-4-10(5-3-9)7(11)6-8(12)13/h14H,2-6H2,1H3,(H,12,13). The highest BCUT2D eigenvalue weighted by Crippen LogP contribution is 2.21. The molecule has 0 atom stereocenters. The number of aliphatic hydroxyl groups is 1. The number of carbonyl (C=O) groups is 2. The number of amides is 1. The fourth-order valence-corrected chi connectivity index (χ4v) is 1.48.